The van der Waals surface area contributed by atoms with Crippen molar-refractivity contribution in [3.63, 3.8) is 0 Å². The average Bonchev–Trinajstić information content (AvgIpc) is 2.53. The summed E-state index contributed by atoms with van der Waals surface area (Å²) in [6, 6.07) is 14.1. The van der Waals surface area contributed by atoms with Crippen LogP contribution in [0.2, 0.25) is 0 Å². The minimum Gasteiger partial charge on any atom is -0.504 e. The number of para-hydroxylation sites is 1. The maximum Gasteiger partial charge on any atom is 0.162 e. The van der Waals surface area contributed by atoms with Gasteiger partial charge in [-0.3, -0.25) is 0 Å². The van der Waals surface area contributed by atoms with Gasteiger partial charge in [-0.1, -0.05) is 12.1 Å². The molecule has 0 spiro atoms. The van der Waals surface area contributed by atoms with Crippen LogP contribution in [-0.4, -0.2) is 12.2 Å². The van der Waals surface area contributed by atoms with Gasteiger partial charge in [-0.15, -0.1) is 0 Å². The van der Waals surface area contributed by atoms with Crippen molar-refractivity contribution in [1.29, 1.82) is 10.5 Å². The number of ether oxygens (including phenoxy) is 1. The number of rotatable bonds is 4. The Morgan fingerprint density at radius 2 is 1.90 bits per heavy atom. The summed E-state index contributed by atoms with van der Waals surface area (Å²) in [4.78, 5) is 0. The largest absolute Gasteiger partial charge is 0.504 e. The number of hydrogen-bond donors (Lipinski definition) is 2. The molecule has 21 heavy (non-hydrogen) atoms. The zero-order valence-electron chi connectivity index (χ0n) is 11.4. The van der Waals surface area contributed by atoms with E-state index in [9.17, 15) is 5.11 Å². The fourth-order valence-electron chi connectivity index (χ4n) is 1.92. The molecule has 2 aromatic carbocycles. The lowest BCUT2D eigenvalue weighted by molar-refractivity contribution is 0.371. The Labute approximate surface area is 122 Å². The van der Waals surface area contributed by atoms with Crippen LogP contribution in [0.4, 0.5) is 5.69 Å². The van der Waals surface area contributed by atoms with E-state index in [2.05, 4.69) is 5.32 Å². The molecule has 2 aromatic rings. The second-order valence-electron chi connectivity index (χ2n) is 4.31. The second kappa shape index (κ2) is 6.31. The Hall–Kier alpha value is -3.18. The first-order valence-electron chi connectivity index (χ1n) is 6.22. The Morgan fingerprint density at radius 3 is 2.57 bits per heavy atom. The Balaban J connectivity index is 2.18. The lowest BCUT2D eigenvalue weighted by Gasteiger charge is -2.11. The summed E-state index contributed by atoms with van der Waals surface area (Å²) in [5.74, 6) is 0.494. The normalized spacial score (nSPS) is 9.48. The van der Waals surface area contributed by atoms with Gasteiger partial charge in [0.25, 0.3) is 0 Å². The van der Waals surface area contributed by atoms with Gasteiger partial charge >= 0.3 is 0 Å². The molecule has 5 heteroatoms. The molecule has 2 N–H and O–H groups in total. The molecule has 0 aromatic heterocycles. The van der Waals surface area contributed by atoms with Gasteiger partial charge < -0.3 is 15.2 Å². The van der Waals surface area contributed by atoms with Gasteiger partial charge in [-0.2, -0.15) is 10.5 Å². The molecular weight excluding hydrogens is 266 g/mol. The van der Waals surface area contributed by atoms with Crippen LogP contribution in [0, 0.1) is 22.7 Å². The third-order valence-corrected chi connectivity index (χ3v) is 3.05. The molecule has 0 heterocycles. The van der Waals surface area contributed by atoms with Crippen LogP contribution in [0.25, 0.3) is 0 Å². The number of nitriles is 2. The van der Waals surface area contributed by atoms with Crippen LogP contribution in [0.3, 0.4) is 0 Å². The van der Waals surface area contributed by atoms with E-state index >= 15 is 0 Å². The number of phenolic OH excluding ortho intramolecular Hbond substituents is 1. The Morgan fingerprint density at radius 1 is 1.14 bits per heavy atom. The highest BCUT2D eigenvalue weighted by atomic mass is 16.5. The molecule has 104 valence electrons. The number of phenols is 1. The number of nitrogens with zero attached hydrogens (tertiary/aromatic N) is 2. The van der Waals surface area contributed by atoms with E-state index in [0.29, 0.717) is 34.7 Å². The molecule has 0 aliphatic heterocycles. The number of anilines is 1. The Kier molecular flexibility index (Phi) is 4.28. The predicted octanol–water partition coefficient (Wildman–Crippen LogP) is 2.76. The predicted molar refractivity (Wildman–Crippen MR) is 77.9 cm³/mol. The van der Waals surface area contributed by atoms with Crippen LogP contribution >= 0.6 is 0 Å². The highest BCUT2D eigenvalue weighted by Crippen LogP contribution is 2.29. The summed E-state index contributed by atoms with van der Waals surface area (Å²) >= 11 is 0. The van der Waals surface area contributed by atoms with Crippen molar-refractivity contribution < 1.29 is 9.84 Å². The molecule has 0 aliphatic carbocycles. The minimum absolute atomic E-state index is 0.0849. The van der Waals surface area contributed by atoms with Gasteiger partial charge in [0, 0.05) is 17.8 Å². The van der Waals surface area contributed by atoms with Crippen molar-refractivity contribution in [3.05, 3.63) is 53.1 Å². The summed E-state index contributed by atoms with van der Waals surface area (Å²) in [6.07, 6.45) is 0. The van der Waals surface area contributed by atoms with E-state index < -0.39 is 0 Å². The van der Waals surface area contributed by atoms with Crippen molar-refractivity contribution in [1.82, 2.24) is 0 Å². The van der Waals surface area contributed by atoms with Crippen molar-refractivity contribution in [2.24, 2.45) is 0 Å². The minimum atomic E-state index is 0.0849. The number of benzene rings is 2. The van der Waals surface area contributed by atoms with E-state index in [0.717, 1.165) is 0 Å². The maximum atomic E-state index is 9.99. The molecule has 0 fully saturated rings. The molecule has 0 amide bonds. The SMILES string of the molecule is COc1cccc(CNc2ccc(C#N)c(C#N)c2)c1O. The third kappa shape index (κ3) is 3.05. The molecule has 0 saturated heterocycles. The summed E-state index contributed by atoms with van der Waals surface area (Å²) in [6.45, 7) is 0.375. The van der Waals surface area contributed by atoms with Crippen molar-refractivity contribution >= 4 is 5.69 Å². The van der Waals surface area contributed by atoms with E-state index in [1.165, 1.54) is 7.11 Å². The standard InChI is InChI=1S/C16H13N3O2/c1-21-15-4-2-3-12(16(15)20)10-19-14-6-5-11(8-17)13(7-14)9-18/h2-7,19-20H,10H2,1H3. The first-order valence-corrected chi connectivity index (χ1v) is 6.22. The summed E-state index contributed by atoms with van der Waals surface area (Å²) in [7, 11) is 1.49. The molecular formula is C16H13N3O2. The van der Waals surface area contributed by atoms with Gasteiger partial charge in [0.2, 0.25) is 0 Å². The first kappa shape index (κ1) is 14.2. The van der Waals surface area contributed by atoms with Crippen molar-refractivity contribution in [2.45, 2.75) is 6.54 Å². The highest BCUT2D eigenvalue weighted by molar-refractivity contribution is 5.57. The molecule has 5 nitrogen and oxygen atoms in total. The lowest BCUT2D eigenvalue weighted by atomic mass is 10.1. The topological polar surface area (TPSA) is 89.1 Å². The molecule has 2 rings (SSSR count). The maximum absolute atomic E-state index is 9.99. The van der Waals surface area contributed by atoms with Gasteiger partial charge in [0.15, 0.2) is 11.5 Å². The fraction of sp³-hybridized carbons (Fsp3) is 0.125. The number of hydrogen-bond acceptors (Lipinski definition) is 5. The monoisotopic (exact) mass is 279 g/mol. The smallest absolute Gasteiger partial charge is 0.162 e. The highest BCUT2D eigenvalue weighted by Gasteiger charge is 2.08. The number of aromatic hydroxyl groups is 1. The van der Waals surface area contributed by atoms with Crippen LogP contribution in [0.1, 0.15) is 16.7 Å². The average molecular weight is 279 g/mol. The van der Waals surface area contributed by atoms with Gasteiger partial charge in [-0.05, 0) is 24.3 Å². The molecule has 0 atom stereocenters. The zero-order valence-corrected chi connectivity index (χ0v) is 11.4. The van der Waals surface area contributed by atoms with Gasteiger partial charge in [0.1, 0.15) is 12.1 Å². The third-order valence-electron chi connectivity index (χ3n) is 3.05. The lowest BCUT2D eigenvalue weighted by Crippen LogP contribution is -2.01. The summed E-state index contributed by atoms with van der Waals surface area (Å²) < 4.78 is 5.05. The van der Waals surface area contributed by atoms with E-state index in [1.807, 2.05) is 12.1 Å². The number of nitrogens with one attached hydrogen (secondary N) is 1. The van der Waals surface area contributed by atoms with Crippen molar-refractivity contribution in [2.75, 3.05) is 12.4 Å². The van der Waals surface area contributed by atoms with E-state index in [4.69, 9.17) is 15.3 Å². The molecule has 0 radical (unpaired) electrons. The van der Waals surface area contributed by atoms with E-state index in [1.54, 1.807) is 36.4 Å². The second-order valence-corrected chi connectivity index (χ2v) is 4.31. The van der Waals surface area contributed by atoms with Crippen molar-refractivity contribution in [3.8, 4) is 23.6 Å². The summed E-state index contributed by atoms with van der Waals surface area (Å²) in [5.41, 5.74) is 2.04. The Bertz CT molecular complexity index is 742. The van der Waals surface area contributed by atoms with Crippen LogP contribution in [0.5, 0.6) is 11.5 Å². The first-order chi connectivity index (χ1) is 10.2. The van der Waals surface area contributed by atoms with Crippen LogP contribution in [-0.2, 0) is 6.54 Å². The fourth-order valence-corrected chi connectivity index (χ4v) is 1.92. The number of methoxy groups -OCH3 is 1. The molecule has 0 unspecified atom stereocenters. The molecule has 0 bridgehead atoms. The molecule has 0 aliphatic rings. The van der Waals surface area contributed by atoms with Crippen LogP contribution in [0.15, 0.2) is 36.4 Å². The van der Waals surface area contributed by atoms with E-state index in [-0.39, 0.29) is 5.75 Å². The summed E-state index contributed by atoms with van der Waals surface area (Å²) in [5, 5.41) is 31.0. The molecule has 0 saturated carbocycles. The van der Waals surface area contributed by atoms with Crippen LogP contribution < -0.4 is 10.1 Å². The van der Waals surface area contributed by atoms with Gasteiger partial charge in [-0.25, -0.2) is 0 Å². The quantitative estimate of drug-likeness (QED) is 0.898. The van der Waals surface area contributed by atoms with Gasteiger partial charge in [0.05, 0.1) is 18.2 Å². The zero-order chi connectivity index (χ0) is 15.2.